The van der Waals surface area contributed by atoms with Crippen molar-refractivity contribution in [2.24, 2.45) is 5.92 Å². The third-order valence-electron chi connectivity index (χ3n) is 6.02. The van der Waals surface area contributed by atoms with Crippen LogP contribution in [0.2, 0.25) is 15.1 Å². The molecule has 0 spiro atoms. The van der Waals surface area contributed by atoms with E-state index in [0.29, 0.717) is 37.6 Å². The molecule has 3 aromatic carbocycles. The van der Waals surface area contributed by atoms with Gasteiger partial charge in [0.2, 0.25) is 5.91 Å². The Morgan fingerprint density at radius 3 is 2.11 bits per heavy atom. The Morgan fingerprint density at radius 1 is 0.857 bits per heavy atom. The lowest BCUT2D eigenvalue weighted by molar-refractivity contribution is -0.126. The number of amides is 2. The van der Waals surface area contributed by atoms with Crippen molar-refractivity contribution in [2.75, 3.05) is 17.1 Å². The molecule has 0 N–H and O–H groups in total. The fraction of sp³-hybridized carbons (Fsp3) is 0.160. The van der Waals surface area contributed by atoms with Crippen LogP contribution < -0.4 is 9.96 Å². The number of hydrogen-bond acceptors (Lipinski definition) is 6. The van der Waals surface area contributed by atoms with Gasteiger partial charge in [0.1, 0.15) is 5.92 Å². The number of methoxy groups -OCH3 is 1. The molecule has 0 aliphatic carbocycles. The lowest BCUT2D eigenvalue weighted by Gasteiger charge is -2.29. The molecule has 3 atom stereocenters. The van der Waals surface area contributed by atoms with E-state index in [1.165, 1.54) is 36.4 Å². The highest BCUT2D eigenvalue weighted by atomic mass is 35.5. The zero-order valence-corrected chi connectivity index (χ0v) is 20.4. The monoisotopic (exact) mass is 530 g/mol. The molecule has 5 rings (SSSR count). The molecule has 2 heterocycles. The molecule has 2 fully saturated rings. The molecule has 2 aliphatic rings. The molecule has 0 radical (unpaired) electrons. The van der Waals surface area contributed by atoms with Gasteiger partial charge in [-0.3, -0.25) is 14.4 Å². The highest BCUT2D eigenvalue weighted by Crippen LogP contribution is 2.49. The number of esters is 1. The summed E-state index contributed by atoms with van der Waals surface area (Å²) in [6.07, 6.45) is -1.07. The number of carbonyl (C=O) groups is 3. The molecular weight excluding hydrogens is 515 g/mol. The van der Waals surface area contributed by atoms with Gasteiger partial charge in [-0.15, -0.1) is 0 Å². The summed E-state index contributed by atoms with van der Waals surface area (Å²) in [5.41, 5.74) is 1.81. The lowest BCUT2D eigenvalue weighted by atomic mass is 9.90. The van der Waals surface area contributed by atoms with Crippen molar-refractivity contribution in [3.63, 3.8) is 0 Å². The third-order valence-corrected chi connectivity index (χ3v) is 6.84. The molecule has 35 heavy (non-hydrogen) atoms. The summed E-state index contributed by atoms with van der Waals surface area (Å²) < 4.78 is 4.71. The van der Waals surface area contributed by atoms with Crippen molar-refractivity contribution in [1.29, 1.82) is 0 Å². The summed E-state index contributed by atoms with van der Waals surface area (Å²) in [6, 6.07) is 17.1. The summed E-state index contributed by atoms with van der Waals surface area (Å²) in [4.78, 5) is 46.0. The predicted molar refractivity (Wildman–Crippen MR) is 132 cm³/mol. The zero-order valence-electron chi connectivity index (χ0n) is 18.2. The number of benzene rings is 3. The number of anilines is 2. The number of halogens is 3. The fourth-order valence-electron chi connectivity index (χ4n) is 4.40. The summed E-state index contributed by atoms with van der Waals surface area (Å²) in [5.74, 6) is -2.36. The van der Waals surface area contributed by atoms with E-state index in [4.69, 9.17) is 44.4 Å². The average Bonchev–Trinajstić information content (AvgIpc) is 3.35. The Hall–Kier alpha value is -3.10. The Balaban J connectivity index is 1.55. The maximum Gasteiger partial charge on any atom is 0.337 e. The number of imide groups is 1. The molecule has 7 nitrogen and oxygen atoms in total. The molecule has 0 bridgehead atoms. The summed E-state index contributed by atoms with van der Waals surface area (Å²) in [7, 11) is 1.27. The van der Waals surface area contributed by atoms with Crippen LogP contribution in [0.25, 0.3) is 0 Å². The van der Waals surface area contributed by atoms with E-state index >= 15 is 0 Å². The maximum absolute atomic E-state index is 13.7. The van der Waals surface area contributed by atoms with Crippen LogP contribution in [0.1, 0.15) is 22.0 Å². The SMILES string of the molecule is COC(=O)c1ccc(N2C(=O)C3ON(c4ccc(Cl)cc4)C(c4ccc(Cl)cc4Cl)C3C2=O)cc1. The van der Waals surface area contributed by atoms with Gasteiger partial charge in [-0.1, -0.05) is 40.9 Å². The van der Waals surface area contributed by atoms with Crippen LogP contribution in [-0.2, 0) is 19.2 Å². The number of ether oxygens (including phenoxy) is 1. The molecule has 3 unspecified atom stereocenters. The first-order valence-electron chi connectivity index (χ1n) is 10.5. The van der Waals surface area contributed by atoms with E-state index in [1.54, 1.807) is 42.5 Å². The lowest BCUT2D eigenvalue weighted by Crippen LogP contribution is -2.37. The molecule has 0 saturated carbocycles. The molecule has 3 aromatic rings. The smallest absolute Gasteiger partial charge is 0.337 e. The van der Waals surface area contributed by atoms with Crippen LogP contribution in [-0.4, -0.2) is 31.0 Å². The minimum absolute atomic E-state index is 0.298. The van der Waals surface area contributed by atoms with E-state index in [-0.39, 0.29) is 0 Å². The van der Waals surface area contributed by atoms with E-state index in [0.717, 1.165) is 4.90 Å². The van der Waals surface area contributed by atoms with Crippen LogP contribution in [0.3, 0.4) is 0 Å². The van der Waals surface area contributed by atoms with Gasteiger partial charge in [-0.25, -0.2) is 14.8 Å². The largest absolute Gasteiger partial charge is 0.465 e. The molecule has 178 valence electrons. The Morgan fingerprint density at radius 2 is 1.49 bits per heavy atom. The van der Waals surface area contributed by atoms with Gasteiger partial charge in [0.15, 0.2) is 6.10 Å². The van der Waals surface area contributed by atoms with Crippen molar-refractivity contribution in [2.45, 2.75) is 12.1 Å². The van der Waals surface area contributed by atoms with E-state index < -0.39 is 35.8 Å². The summed E-state index contributed by atoms with van der Waals surface area (Å²) in [5, 5.41) is 2.83. The van der Waals surface area contributed by atoms with Gasteiger partial charge in [-0.2, -0.15) is 0 Å². The topological polar surface area (TPSA) is 76.2 Å². The van der Waals surface area contributed by atoms with Gasteiger partial charge in [0, 0.05) is 15.1 Å². The van der Waals surface area contributed by atoms with Crippen molar-refractivity contribution in [1.82, 2.24) is 0 Å². The highest BCUT2D eigenvalue weighted by molar-refractivity contribution is 6.35. The van der Waals surface area contributed by atoms with Crippen molar-refractivity contribution in [3.05, 3.63) is 92.9 Å². The number of hydrogen-bond donors (Lipinski definition) is 0. The van der Waals surface area contributed by atoms with Gasteiger partial charge in [0.25, 0.3) is 5.91 Å². The standard InChI is InChI=1S/C25H17Cl3N2O5/c1-34-25(33)13-2-7-16(8-3-13)29-23(31)20-21(18-11-6-15(27)12-19(18)28)30(35-22(20)24(29)32)17-9-4-14(26)5-10-17/h2-12,20-22H,1H3. The molecular formula is C25H17Cl3N2O5. The quantitative estimate of drug-likeness (QED) is 0.328. The zero-order chi connectivity index (χ0) is 24.9. The second-order valence-electron chi connectivity index (χ2n) is 8.02. The first kappa shape index (κ1) is 23.6. The predicted octanol–water partition coefficient (Wildman–Crippen LogP) is 5.48. The van der Waals surface area contributed by atoms with Crippen LogP contribution in [0.4, 0.5) is 11.4 Å². The minimum Gasteiger partial charge on any atom is -0.465 e. The number of hydroxylamine groups is 1. The molecule has 10 heteroatoms. The van der Waals surface area contributed by atoms with Gasteiger partial charge >= 0.3 is 5.97 Å². The minimum atomic E-state index is -1.07. The maximum atomic E-state index is 13.7. The second-order valence-corrected chi connectivity index (χ2v) is 9.30. The molecule has 2 aliphatic heterocycles. The van der Waals surface area contributed by atoms with Crippen LogP contribution in [0.15, 0.2) is 66.7 Å². The van der Waals surface area contributed by atoms with Crippen molar-refractivity contribution >= 4 is 64.0 Å². The van der Waals surface area contributed by atoms with E-state index in [9.17, 15) is 14.4 Å². The molecule has 2 saturated heterocycles. The highest BCUT2D eigenvalue weighted by Gasteiger charge is 2.60. The Kier molecular flexibility index (Phi) is 6.19. The van der Waals surface area contributed by atoms with E-state index in [1.807, 2.05) is 0 Å². The first-order valence-corrected chi connectivity index (χ1v) is 11.7. The average molecular weight is 532 g/mol. The number of rotatable bonds is 4. The van der Waals surface area contributed by atoms with Gasteiger partial charge in [0.05, 0.1) is 30.1 Å². The Bertz CT molecular complexity index is 1330. The third kappa shape index (κ3) is 4.04. The Labute approximate surface area is 215 Å². The number of carbonyl (C=O) groups excluding carboxylic acids is 3. The van der Waals surface area contributed by atoms with Crippen LogP contribution in [0.5, 0.6) is 0 Å². The van der Waals surface area contributed by atoms with E-state index in [2.05, 4.69) is 0 Å². The fourth-order valence-corrected chi connectivity index (χ4v) is 5.05. The number of fused-ring (bicyclic) bond motifs is 1. The second kappa shape index (κ2) is 9.17. The summed E-state index contributed by atoms with van der Waals surface area (Å²) >= 11 is 18.7. The van der Waals surface area contributed by atoms with Crippen LogP contribution in [0, 0.1) is 5.92 Å². The van der Waals surface area contributed by atoms with Gasteiger partial charge < -0.3 is 4.74 Å². The molecule has 0 aromatic heterocycles. The van der Waals surface area contributed by atoms with Crippen molar-refractivity contribution in [3.8, 4) is 0 Å². The summed E-state index contributed by atoms with van der Waals surface area (Å²) in [6.45, 7) is 0. The first-order chi connectivity index (χ1) is 16.8. The normalized spacial score (nSPS) is 21.4. The van der Waals surface area contributed by atoms with Crippen LogP contribution >= 0.6 is 34.8 Å². The van der Waals surface area contributed by atoms with Gasteiger partial charge in [-0.05, 0) is 66.2 Å². The van der Waals surface area contributed by atoms with Crippen molar-refractivity contribution < 1.29 is 24.0 Å². The number of nitrogens with zero attached hydrogens (tertiary/aromatic N) is 2. The molecule has 2 amide bonds.